The lowest BCUT2D eigenvalue weighted by Crippen LogP contribution is -2.49. The molecule has 2 heterocycles. The van der Waals surface area contributed by atoms with E-state index in [1.165, 1.54) is 0 Å². The van der Waals surface area contributed by atoms with E-state index in [4.69, 9.17) is 4.74 Å². The highest BCUT2D eigenvalue weighted by Gasteiger charge is 2.36. The molecule has 5 nitrogen and oxygen atoms in total. The van der Waals surface area contributed by atoms with Crippen LogP contribution in [0.5, 0.6) is 0 Å². The van der Waals surface area contributed by atoms with Crippen LogP contribution in [0.25, 0.3) is 0 Å². The van der Waals surface area contributed by atoms with E-state index in [1.54, 1.807) is 6.20 Å². The molecule has 1 aliphatic heterocycles. The molecule has 1 aromatic heterocycles. The number of ether oxygens (including phenoxy) is 1. The Balaban J connectivity index is 1.87. The van der Waals surface area contributed by atoms with Crippen LogP contribution in [0.1, 0.15) is 47.8 Å². The van der Waals surface area contributed by atoms with Gasteiger partial charge in [-0.2, -0.15) is 5.10 Å². The lowest BCUT2D eigenvalue weighted by molar-refractivity contribution is 0.0345. The summed E-state index contributed by atoms with van der Waals surface area (Å²) in [6, 6.07) is 10.2. The number of nitrogens with zero attached hydrogens (tertiary/aromatic N) is 2. The quantitative estimate of drug-likeness (QED) is 0.918. The highest BCUT2D eigenvalue weighted by molar-refractivity contribution is 5.95. The summed E-state index contributed by atoms with van der Waals surface area (Å²) < 4.78 is 7.42. The van der Waals surface area contributed by atoms with E-state index in [2.05, 4.69) is 29.5 Å². The van der Waals surface area contributed by atoms with Crippen LogP contribution in [0, 0.1) is 6.92 Å². The van der Waals surface area contributed by atoms with Crippen molar-refractivity contribution in [2.45, 2.75) is 45.2 Å². The predicted molar refractivity (Wildman–Crippen MR) is 92.9 cm³/mol. The zero-order valence-corrected chi connectivity index (χ0v) is 14.4. The Morgan fingerprint density at radius 3 is 2.67 bits per heavy atom. The first-order valence-electron chi connectivity index (χ1n) is 8.64. The van der Waals surface area contributed by atoms with Crippen LogP contribution in [-0.4, -0.2) is 28.9 Å². The van der Waals surface area contributed by atoms with Crippen molar-refractivity contribution in [1.29, 1.82) is 0 Å². The SMILES string of the molecule is CCCn1ncc(C(=O)NC2(c3ccccc3)CCOCC2)c1C. The number of aryl methyl sites for hydroxylation is 1. The standard InChI is InChI=1S/C19H25N3O2/c1-3-11-22-15(2)17(14-20-22)18(23)21-19(9-12-24-13-10-19)16-7-5-4-6-8-16/h4-8,14H,3,9-13H2,1-2H3,(H,21,23). The normalized spacial score (nSPS) is 16.8. The molecule has 1 N–H and O–H groups in total. The largest absolute Gasteiger partial charge is 0.381 e. The van der Waals surface area contributed by atoms with Crippen LogP contribution in [0.3, 0.4) is 0 Å². The van der Waals surface area contributed by atoms with Crippen LogP contribution >= 0.6 is 0 Å². The van der Waals surface area contributed by atoms with Gasteiger partial charge in [-0.05, 0) is 31.7 Å². The molecule has 128 valence electrons. The monoisotopic (exact) mass is 327 g/mol. The first kappa shape index (κ1) is 16.7. The second-order valence-corrected chi connectivity index (χ2v) is 6.38. The maximum Gasteiger partial charge on any atom is 0.255 e. The molecular weight excluding hydrogens is 302 g/mol. The maximum atomic E-state index is 12.9. The zero-order valence-electron chi connectivity index (χ0n) is 14.4. The topological polar surface area (TPSA) is 56.2 Å². The molecule has 5 heteroatoms. The van der Waals surface area contributed by atoms with Gasteiger partial charge in [-0.15, -0.1) is 0 Å². The molecule has 24 heavy (non-hydrogen) atoms. The van der Waals surface area contributed by atoms with Gasteiger partial charge < -0.3 is 10.1 Å². The van der Waals surface area contributed by atoms with Crippen LogP contribution in [0.2, 0.25) is 0 Å². The molecule has 0 aliphatic carbocycles. The lowest BCUT2D eigenvalue weighted by atomic mass is 9.82. The number of nitrogens with one attached hydrogen (secondary N) is 1. The first-order valence-corrected chi connectivity index (χ1v) is 8.64. The number of carbonyl (C=O) groups excluding carboxylic acids is 1. The molecule has 3 rings (SSSR count). The van der Waals surface area contributed by atoms with Gasteiger partial charge in [-0.25, -0.2) is 0 Å². The van der Waals surface area contributed by atoms with Gasteiger partial charge in [0.2, 0.25) is 0 Å². The molecule has 0 radical (unpaired) electrons. The van der Waals surface area contributed by atoms with Crippen molar-refractivity contribution in [2.24, 2.45) is 0 Å². The van der Waals surface area contributed by atoms with Gasteiger partial charge in [-0.1, -0.05) is 37.3 Å². The zero-order chi connectivity index (χ0) is 17.0. The molecule has 0 saturated carbocycles. The van der Waals surface area contributed by atoms with Gasteiger partial charge in [0.05, 0.1) is 17.3 Å². The Morgan fingerprint density at radius 2 is 2.00 bits per heavy atom. The number of hydrogen-bond donors (Lipinski definition) is 1. The van der Waals surface area contributed by atoms with Crippen LogP contribution in [0.15, 0.2) is 36.5 Å². The van der Waals surface area contributed by atoms with E-state index < -0.39 is 0 Å². The molecule has 1 amide bonds. The van der Waals surface area contributed by atoms with Gasteiger partial charge in [-0.3, -0.25) is 9.48 Å². The summed E-state index contributed by atoms with van der Waals surface area (Å²) in [5, 5.41) is 7.64. The maximum absolute atomic E-state index is 12.9. The van der Waals surface area contributed by atoms with Gasteiger partial charge in [0.25, 0.3) is 5.91 Å². The van der Waals surface area contributed by atoms with Crippen molar-refractivity contribution in [2.75, 3.05) is 13.2 Å². The van der Waals surface area contributed by atoms with E-state index >= 15 is 0 Å². The molecule has 1 saturated heterocycles. The lowest BCUT2D eigenvalue weighted by Gasteiger charge is -2.38. The van der Waals surface area contributed by atoms with Crippen molar-refractivity contribution in [1.82, 2.24) is 15.1 Å². The highest BCUT2D eigenvalue weighted by Crippen LogP contribution is 2.32. The summed E-state index contributed by atoms with van der Waals surface area (Å²) in [4.78, 5) is 12.9. The highest BCUT2D eigenvalue weighted by atomic mass is 16.5. The smallest absolute Gasteiger partial charge is 0.255 e. The summed E-state index contributed by atoms with van der Waals surface area (Å²) in [6.07, 6.45) is 4.24. The summed E-state index contributed by atoms with van der Waals surface area (Å²) in [5.41, 5.74) is 2.35. The minimum absolute atomic E-state index is 0.0550. The van der Waals surface area contributed by atoms with Crippen molar-refractivity contribution in [3.05, 3.63) is 53.3 Å². The van der Waals surface area contributed by atoms with Crippen molar-refractivity contribution in [3.8, 4) is 0 Å². The average Bonchev–Trinajstić information content (AvgIpc) is 2.98. The molecule has 0 spiro atoms. The predicted octanol–water partition coefficient (Wildman–Crippen LogP) is 3.04. The van der Waals surface area contributed by atoms with E-state index in [0.29, 0.717) is 18.8 Å². The third kappa shape index (κ3) is 3.22. The Labute approximate surface area is 143 Å². The summed E-state index contributed by atoms with van der Waals surface area (Å²) in [6.45, 7) is 6.20. The molecular formula is C19H25N3O2. The van der Waals surface area contributed by atoms with Gasteiger partial charge in [0.15, 0.2) is 0 Å². The second-order valence-electron chi connectivity index (χ2n) is 6.38. The van der Waals surface area contributed by atoms with Gasteiger partial charge in [0.1, 0.15) is 0 Å². The van der Waals surface area contributed by atoms with Crippen molar-refractivity contribution < 1.29 is 9.53 Å². The van der Waals surface area contributed by atoms with Crippen LogP contribution < -0.4 is 5.32 Å². The number of carbonyl (C=O) groups is 1. The fourth-order valence-electron chi connectivity index (χ4n) is 3.35. The molecule has 1 aromatic carbocycles. The van der Waals surface area contributed by atoms with Crippen LogP contribution in [-0.2, 0) is 16.8 Å². The number of amides is 1. The molecule has 0 atom stereocenters. The summed E-state index contributed by atoms with van der Waals surface area (Å²) in [7, 11) is 0. The fraction of sp³-hybridized carbons (Fsp3) is 0.474. The summed E-state index contributed by atoms with van der Waals surface area (Å²) in [5.74, 6) is -0.0550. The Kier molecular flexibility index (Phi) is 5.00. The third-order valence-corrected chi connectivity index (χ3v) is 4.81. The summed E-state index contributed by atoms with van der Waals surface area (Å²) >= 11 is 0. The van der Waals surface area contributed by atoms with E-state index in [1.807, 2.05) is 29.8 Å². The Bertz CT molecular complexity index is 688. The molecule has 1 aliphatic rings. The third-order valence-electron chi connectivity index (χ3n) is 4.81. The minimum atomic E-state index is -0.365. The average molecular weight is 327 g/mol. The molecule has 1 fully saturated rings. The molecule has 0 bridgehead atoms. The van der Waals surface area contributed by atoms with E-state index in [-0.39, 0.29) is 11.4 Å². The van der Waals surface area contributed by atoms with Crippen molar-refractivity contribution >= 4 is 5.91 Å². The number of aromatic nitrogens is 2. The Morgan fingerprint density at radius 1 is 1.29 bits per heavy atom. The fourth-order valence-corrected chi connectivity index (χ4v) is 3.35. The van der Waals surface area contributed by atoms with Crippen molar-refractivity contribution in [3.63, 3.8) is 0 Å². The second kappa shape index (κ2) is 7.18. The van der Waals surface area contributed by atoms with Gasteiger partial charge >= 0.3 is 0 Å². The minimum Gasteiger partial charge on any atom is -0.381 e. The van der Waals surface area contributed by atoms with Gasteiger partial charge in [0, 0.05) is 25.5 Å². The number of rotatable bonds is 5. The first-order chi connectivity index (χ1) is 11.7. The van der Waals surface area contributed by atoms with Crippen LogP contribution in [0.4, 0.5) is 0 Å². The molecule has 0 unspecified atom stereocenters. The number of hydrogen-bond acceptors (Lipinski definition) is 3. The number of benzene rings is 1. The Hall–Kier alpha value is -2.14. The van der Waals surface area contributed by atoms with E-state index in [9.17, 15) is 4.79 Å². The molecule has 2 aromatic rings. The van der Waals surface area contributed by atoms with E-state index in [0.717, 1.165) is 37.1 Å².